The van der Waals surface area contributed by atoms with Gasteiger partial charge < -0.3 is 5.32 Å². The van der Waals surface area contributed by atoms with Crippen molar-refractivity contribution in [1.82, 2.24) is 9.97 Å². The fraction of sp³-hybridized carbons (Fsp3) is 0.222. The second kappa shape index (κ2) is 3.60. The molecule has 0 aliphatic heterocycles. The highest BCUT2D eigenvalue weighted by atomic mass is 32.1. The van der Waals surface area contributed by atoms with Gasteiger partial charge in [0, 0.05) is 0 Å². The molecule has 2 heterocycles. The summed E-state index contributed by atoms with van der Waals surface area (Å²) in [7, 11) is 0. The maximum Gasteiger partial charge on any atom is 0.148 e. The molecule has 0 aliphatic rings. The quantitative estimate of drug-likeness (QED) is 0.759. The summed E-state index contributed by atoms with van der Waals surface area (Å²) >= 11 is 1.59. The predicted octanol–water partition coefficient (Wildman–Crippen LogP) is 1.94. The van der Waals surface area contributed by atoms with Crippen LogP contribution in [-0.2, 0) is 0 Å². The Balaban J connectivity index is 2.50. The molecule has 0 aliphatic carbocycles. The van der Waals surface area contributed by atoms with Crippen molar-refractivity contribution in [3.63, 3.8) is 0 Å². The van der Waals surface area contributed by atoms with E-state index in [2.05, 4.69) is 15.3 Å². The zero-order valence-electron chi connectivity index (χ0n) is 7.61. The van der Waals surface area contributed by atoms with Crippen LogP contribution in [0.4, 0.5) is 5.82 Å². The molecule has 14 heavy (non-hydrogen) atoms. The van der Waals surface area contributed by atoms with E-state index < -0.39 is 0 Å². The number of rotatable bonds is 2. The number of nitriles is 1. The lowest BCUT2D eigenvalue weighted by atomic mass is 10.3. The van der Waals surface area contributed by atoms with Crippen molar-refractivity contribution in [3.8, 4) is 6.07 Å². The molecule has 0 spiro atoms. The van der Waals surface area contributed by atoms with Gasteiger partial charge in [0.2, 0.25) is 0 Å². The van der Waals surface area contributed by atoms with Crippen LogP contribution in [0.1, 0.15) is 5.56 Å². The van der Waals surface area contributed by atoms with Gasteiger partial charge in [-0.05, 0) is 17.9 Å². The Hall–Kier alpha value is -1.67. The van der Waals surface area contributed by atoms with Crippen molar-refractivity contribution in [3.05, 3.63) is 17.3 Å². The number of hydrogen-bond acceptors (Lipinski definition) is 5. The summed E-state index contributed by atoms with van der Waals surface area (Å²) in [6.07, 6.45) is 1.52. The minimum Gasteiger partial charge on any atom is -0.356 e. The molecule has 0 bridgehead atoms. The van der Waals surface area contributed by atoms with Crippen molar-refractivity contribution in [2.45, 2.75) is 6.92 Å². The number of thiophene rings is 1. The van der Waals surface area contributed by atoms with Crippen molar-refractivity contribution in [2.24, 2.45) is 0 Å². The SMILES string of the molecule is Cc1csc2c(NCC#N)ncnc12. The van der Waals surface area contributed by atoms with Gasteiger partial charge in [0.25, 0.3) is 0 Å². The van der Waals surface area contributed by atoms with Crippen LogP contribution in [0.2, 0.25) is 0 Å². The molecule has 0 amide bonds. The molecule has 4 nitrogen and oxygen atoms in total. The molecule has 5 heteroatoms. The molecule has 0 saturated heterocycles. The van der Waals surface area contributed by atoms with E-state index in [1.54, 1.807) is 11.3 Å². The maximum absolute atomic E-state index is 8.45. The van der Waals surface area contributed by atoms with Gasteiger partial charge in [-0.25, -0.2) is 9.97 Å². The summed E-state index contributed by atoms with van der Waals surface area (Å²) < 4.78 is 1.01. The molecule has 0 unspecified atom stereocenters. The van der Waals surface area contributed by atoms with Gasteiger partial charge >= 0.3 is 0 Å². The lowest BCUT2D eigenvalue weighted by Crippen LogP contribution is -2.00. The fourth-order valence-corrected chi connectivity index (χ4v) is 2.19. The van der Waals surface area contributed by atoms with E-state index in [1.807, 2.05) is 18.4 Å². The van der Waals surface area contributed by atoms with Gasteiger partial charge in [-0.1, -0.05) is 0 Å². The maximum atomic E-state index is 8.45. The van der Waals surface area contributed by atoms with Crippen LogP contribution in [0, 0.1) is 18.3 Å². The zero-order chi connectivity index (χ0) is 9.97. The molecule has 0 saturated carbocycles. The molecule has 0 radical (unpaired) electrons. The molecule has 2 rings (SSSR count). The predicted molar refractivity (Wildman–Crippen MR) is 56.3 cm³/mol. The first kappa shape index (κ1) is 8.91. The standard InChI is InChI=1S/C9H8N4S/c1-6-4-14-8-7(6)12-5-13-9(8)11-3-2-10/h4-5H,3H2,1H3,(H,11,12,13). The minimum absolute atomic E-state index is 0.267. The Morgan fingerprint density at radius 2 is 2.43 bits per heavy atom. The van der Waals surface area contributed by atoms with Crippen LogP contribution < -0.4 is 5.32 Å². The summed E-state index contributed by atoms with van der Waals surface area (Å²) in [6, 6.07) is 2.02. The summed E-state index contributed by atoms with van der Waals surface area (Å²) in [5.74, 6) is 0.745. The Bertz CT molecular complexity index is 497. The van der Waals surface area contributed by atoms with Gasteiger partial charge in [0.05, 0.1) is 16.3 Å². The molecular weight excluding hydrogens is 196 g/mol. The van der Waals surface area contributed by atoms with E-state index in [1.165, 1.54) is 6.33 Å². The topological polar surface area (TPSA) is 61.6 Å². The summed E-state index contributed by atoms with van der Waals surface area (Å²) in [5, 5.41) is 13.4. The number of aromatic nitrogens is 2. The van der Waals surface area contributed by atoms with Gasteiger partial charge in [-0.15, -0.1) is 11.3 Å². The van der Waals surface area contributed by atoms with Crippen molar-refractivity contribution in [1.29, 1.82) is 5.26 Å². The fourth-order valence-electron chi connectivity index (χ4n) is 1.22. The second-order valence-corrected chi connectivity index (χ2v) is 3.71. The van der Waals surface area contributed by atoms with E-state index in [-0.39, 0.29) is 6.54 Å². The van der Waals surface area contributed by atoms with Crippen LogP contribution >= 0.6 is 11.3 Å². The molecule has 70 valence electrons. The third-order valence-electron chi connectivity index (χ3n) is 1.87. The molecule has 2 aromatic heterocycles. The number of nitrogens with one attached hydrogen (secondary N) is 1. The number of fused-ring (bicyclic) bond motifs is 1. The first-order valence-corrected chi connectivity index (χ1v) is 5.00. The third kappa shape index (κ3) is 1.40. The van der Waals surface area contributed by atoms with Gasteiger partial charge in [-0.2, -0.15) is 5.26 Å². The third-order valence-corrected chi connectivity index (χ3v) is 2.96. The minimum atomic E-state index is 0.267. The Kier molecular flexibility index (Phi) is 2.29. The van der Waals surface area contributed by atoms with Crippen LogP contribution in [0.3, 0.4) is 0 Å². The summed E-state index contributed by atoms with van der Waals surface area (Å²) in [6.45, 7) is 2.28. The normalized spacial score (nSPS) is 10.0. The Morgan fingerprint density at radius 1 is 1.57 bits per heavy atom. The van der Waals surface area contributed by atoms with E-state index in [0.717, 1.165) is 21.6 Å². The average molecular weight is 204 g/mol. The number of aryl methyl sites for hydroxylation is 1. The van der Waals surface area contributed by atoms with Gasteiger partial charge in [0.15, 0.2) is 0 Å². The molecule has 0 fully saturated rings. The van der Waals surface area contributed by atoms with E-state index >= 15 is 0 Å². The van der Waals surface area contributed by atoms with E-state index in [0.29, 0.717) is 0 Å². The second-order valence-electron chi connectivity index (χ2n) is 2.83. The van der Waals surface area contributed by atoms with Crippen molar-refractivity contribution < 1.29 is 0 Å². The highest BCUT2D eigenvalue weighted by molar-refractivity contribution is 7.18. The molecule has 2 aromatic rings. The van der Waals surface area contributed by atoms with Crippen molar-refractivity contribution in [2.75, 3.05) is 11.9 Å². The largest absolute Gasteiger partial charge is 0.356 e. The van der Waals surface area contributed by atoms with Crippen LogP contribution in [0.25, 0.3) is 10.2 Å². The Morgan fingerprint density at radius 3 is 3.21 bits per heavy atom. The van der Waals surface area contributed by atoms with Gasteiger partial charge in [0.1, 0.15) is 18.7 Å². The Labute approximate surface area is 85.2 Å². The van der Waals surface area contributed by atoms with E-state index in [9.17, 15) is 0 Å². The molecule has 1 N–H and O–H groups in total. The highest BCUT2D eigenvalue weighted by Crippen LogP contribution is 2.27. The summed E-state index contributed by atoms with van der Waals surface area (Å²) in [5.41, 5.74) is 2.11. The lowest BCUT2D eigenvalue weighted by molar-refractivity contribution is 1.18. The van der Waals surface area contributed by atoms with Crippen LogP contribution in [-0.4, -0.2) is 16.5 Å². The van der Waals surface area contributed by atoms with E-state index in [4.69, 9.17) is 5.26 Å². The number of nitrogens with zero attached hydrogens (tertiary/aromatic N) is 3. The molecule has 0 atom stereocenters. The van der Waals surface area contributed by atoms with Crippen LogP contribution in [0.15, 0.2) is 11.7 Å². The first-order chi connectivity index (χ1) is 6.83. The molecular formula is C9H8N4S. The lowest BCUT2D eigenvalue weighted by Gasteiger charge is -2.00. The average Bonchev–Trinajstić information content (AvgIpc) is 2.58. The molecule has 0 aromatic carbocycles. The highest BCUT2D eigenvalue weighted by Gasteiger charge is 2.06. The van der Waals surface area contributed by atoms with Crippen LogP contribution in [0.5, 0.6) is 0 Å². The first-order valence-electron chi connectivity index (χ1n) is 4.12. The van der Waals surface area contributed by atoms with Crippen molar-refractivity contribution >= 4 is 27.4 Å². The zero-order valence-corrected chi connectivity index (χ0v) is 8.43. The summed E-state index contributed by atoms with van der Waals surface area (Å²) in [4.78, 5) is 8.28. The smallest absolute Gasteiger partial charge is 0.148 e. The monoisotopic (exact) mass is 204 g/mol. The number of anilines is 1. The van der Waals surface area contributed by atoms with Gasteiger partial charge in [-0.3, -0.25) is 0 Å². The number of hydrogen-bond donors (Lipinski definition) is 1.